The second-order valence-electron chi connectivity index (χ2n) is 10.4. The highest BCUT2D eigenvalue weighted by Gasteiger charge is 2.71. The molecule has 0 saturated heterocycles. The Bertz CT molecular complexity index is 1370. The van der Waals surface area contributed by atoms with Gasteiger partial charge in [0.05, 0.1) is 17.9 Å². The molecule has 1 aliphatic heterocycles. The van der Waals surface area contributed by atoms with E-state index in [9.17, 15) is 45.1 Å². The minimum Gasteiger partial charge on any atom is -0.406 e. The Morgan fingerprint density at radius 3 is 2.07 bits per heavy atom. The average molecular weight is 590 g/mol. The lowest BCUT2D eigenvalue weighted by Crippen LogP contribution is -2.67. The summed E-state index contributed by atoms with van der Waals surface area (Å²) in [5, 5.41) is 0. The van der Waals surface area contributed by atoms with Crippen molar-refractivity contribution in [3.63, 3.8) is 0 Å². The fraction of sp³-hybridized carbons (Fsp3) is 0.423. The molecule has 8 nitrogen and oxygen atoms in total. The lowest BCUT2D eigenvalue weighted by Gasteiger charge is -2.44. The van der Waals surface area contributed by atoms with E-state index in [1.807, 2.05) is 0 Å². The van der Waals surface area contributed by atoms with Gasteiger partial charge in [-0.3, -0.25) is 14.4 Å². The molecule has 0 spiro atoms. The van der Waals surface area contributed by atoms with Crippen LogP contribution in [0.3, 0.4) is 0 Å². The number of hydrogen-bond donors (Lipinski definition) is 1. The Kier molecular flexibility index (Phi) is 7.16. The molecule has 2 aromatic rings. The van der Waals surface area contributed by atoms with E-state index >= 15 is 0 Å². The summed E-state index contributed by atoms with van der Waals surface area (Å²) in [7, 11) is 1.22. The zero-order valence-corrected chi connectivity index (χ0v) is 21.9. The summed E-state index contributed by atoms with van der Waals surface area (Å²) in [6, 6.07) is 5.83. The smallest absolute Gasteiger partial charge is 0.406 e. The Labute approximate surface area is 229 Å². The van der Waals surface area contributed by atoms with Gasteiger partial charge < -0.3 is 25.2 Å². The third kappa shape index (κ3) is 5.36. The molecule has 0 bridgehead atoms. The topological polar surface area (TPSA) is 96.2 Å². The number of likely N-dealkylation sites (N-methyl/N-ethyl adjacent to an activating group) is 1. The van der Waals surface area contributed by atoms with E-state index in [1.54, 1.807) is 0 Å². The Morgan fingerprint density at radius 2 is 1.59 bits per heavy atom. The second kappa shape index (κ2) is 9.80. The van der Waals surface area contributed by atoms with Crippen LogP contribution in [0.5, 0.6) is 5.75 Å². The molecule has 1 fully saturated rings. The van der Waals surface area contributed by atoms with E-state index in [0.717, 1.165) is 43.0 Å². The monoisotopic (exact) mass is 590 g/mol. The van der Waals surface area contributed by atoms with Crippen molar-refractivity contribution >= 4 is 34.8 Å². The number of nitrogens with zero attached hydrogens (tertiary/aromatic N) is 3. The Hall–Kier alpha value is -4.04. The summed E-state index contributed by atoms with van der Waals surface area (Å²) in [4.78, 5) is 42.8. The molecule has 1 heterocycles. The van der Waals surface area contributed by atoms with Gasteiger partial charge in [0.1, 0.15) is 28.6 Å². The van der Waals surface area contributed by atoms with Crippen molar-refractivity contribution < 1.29 is 49.9 Å². The van der Waals surface area contributed by atoms with E-state index in [4.69, 9.17) is 5.73 Å². The Balaban J connectivity index is 1.88. The normalized spacial score (nSPS) is 18.9. The SMILES string of the molecule is CN1C(=O)[C@H](N(C(=O)C2(C(F)(F)F)CC2)C(C)(C)C(N)=O)CN(c2ccc(OC(F)(F)F)cc2)c2ccc(F)cc21. The van der Waals surface area contributed by atoms with Gasteiger partial charge in [-0.1, -0.05) is 0 Å². The van der Waals surface area contributed by atoms with Gasteiger partial charge in [0.2, 0.25) is 11.8 Å². The number of nitrogens with two attached hydrogens (primary N) is 1. The highest BCUT2D eigenvalue weighted by molar-refractivity contribution is 6.06. The highest BCUT2D eigenvalue weighted by atomic mass is 19.4. The van der Waals surface area contributed by atoms with Crippen molar-refractivity contribution in [3.05, 3.63) is 48.3 Å². The fourth-order valence-corrected chi connectivity index (χ4v) is 4.83. The quantitative estimate of drug-likeness (QED) is 0.495. The number of carbonyl (C=O) groups excluding carboxylic acids is 3. The number of amides is 3. The summed E-state index contributed by atoms with van der Waals surface area (Å²) in [5.41, 5.74) is 0.816. The first-order valence-electron chi connectivity index (χ1n) is 12.2. The average Bonchev–Trinajstić information content (AvgIpc) is 3.68. The van der Waals surface area contributed by atoms with Crippen LogP contribution in [0.2, 0.25) is 0 Å². The summed E-state index contributed by atoms with van der Waals surface area (Å²) < 4.78 is 98.5. The number of hydrogen-bond acceptors (Lipinski definition) is 5. The summed E-state index contributed by atoms with van der Waals surface area (Å²) in [5.74, 6) is -5.00. The van der Waals surface area contributed by atoms with Gasteiger partial charge in [-0.05, 0) is 69.2 Å². The lowest BCUT2D eigenvalue weighted by atomic mass is 9.93. The second-order valence-corrected chi connectivity index (χ2v) is 10.4. The molecule has 0 aromatic heterocycles. The van der Waals surface area contributed by atoms with Crippen LogP contribution < -0.4 is 20.3 Å². The lowest BCUT2D eigenvalue weighted by molar-refractivity contribution is -0.274. The summed E-state index contributed by atoms with van der Waals surface area (Å²) >= 11 is 0. The number of fused-ring (bicyclic) bond motifs is 1. The van der Waals surface area contributed by atoms with Gasteiger partial charge >= 0.3 is 12.5 Å². The maximum absolute atomic E-state index is 14.3. The van der Waals surface area contributed by atoms with Crippen LogP contribution in [0.15, 0.2) is 42.5 Å². The molecule has 2 aliphatic rings. The number of rotatable bonds is 6. The number of anilines is 3. The fourth-order valence-electron chi connectivity index (χ4n) is 4.83. The van der Waals surface area contributed by atoms with Crippen molar-refractivity contribution in [2.75, 3.05) is 23.4 Å². The molecule has 1 atom stereocenters. The van der Waals surface area contributed by atoms with Crippen LogP contribution in [-0.2, 0) is 14.4 Å². The van der Waals surface area contributed by atoms with E-state index in [1.165, 1.54) is 30.1 Å². The van der Waals surface area contributed by atoms with Gasteiger partial charge in [-0.15, -0.1) is 13.2 Å². The zero-order valence-electron chi connectivity index (χ0n) is 21.9. The van der Waals surface area contributed by atoms with E-state index in [2.05, 4.69) is 4.74 Å². The van der Waals surface area contributed by atoms with Crippen molar-refractivity contribution in [1.82, 2.24) is 4.90 Å². The van der Waals surface area contributed by atoms with Crippen LogP contribution in [0.4, 0.5) is 47.8 Å². The van der Waals surface area contributed by atoms with Crippen molar-refractivity contribution in [1.29, 1.82) is 0 Å². The number of benzene rings is 2. The Morgan fingerprint density at radius 1 is 1.00 bits per heavy atom. The molecule has 222 valence electrons. The van der Waals surface area contributed by atoms with Crippen molar-refractivity contribution in [2.45, 2.75) is 50.8 Å². The van der Waals surface area contributed by atoms with Gasteiger partial charge in [0.15, 0.2) is 0 Å². The molecule has 41 heavy (non-hydrogen) atoms. The molecule has 0 radical (unpaired) electrons. The van der Waals surface area contributed by atoms with Crippen molar-refractivity contribution in [3.8, 4) is 5.75 Å². The minimum atomic E-state index is -4.99. The molecule has 0 unspecified atom stereocenters. The predicted octanol–water partition coefficient (Wildman–Crippen LogP) is 4.64. The van der Waals surface area contributed by atoms with Gasteiger partial charge in [-0.25, -0.2) is 4.39 Å². The van der Waals surface area contributed by atoms with E-state index < -0.39 is 78.2 Å². The first-order valence-corrected chi connectivity index (χ1v) is 12.2. The van der Waals surface area contributed by atoms with Gasteiger partial charge in [-0.2, -0.15) is 13.2 Å². The molecule has 4 rings (SSSR count). The number of halogens is 7. The summed E-state index contributed by atoms with van der Waals surface area (Å²) in [6.07, 6.45) is -11.1. The third-order valence-electron chi connectivity index (χ3n) is 7.38. The largest absolute Gasteiger partial charge is 0.573 e. The predicted molar refractivity (Wildman–Crippen MR) is 132 cm³/mol. The first-order chi connectivity index (χ1) is 18.8. The van der Waals surface area contributed by atoms with Gasteiger partial charge in [0, 0.05) is 12.7 Å². The molecule has 15 heteroatoms. The summed E-state index contributed by atoms with van der Waals surface area (Å²) in [6.45, 7) is 1.66. The van der Waals surface area contributed by atoms with Gasteiger partial charge in [0.25, 0.3) is 5.91 Å². The van der Waals surface area contributed by atoms with E-state index in [-0.39, 0.29) is 17.1 Å². The van der Waals surface area contributed by atoms with Crippen LogP contribution in [0.1, 0.15) is 26.7 Å². The first kappa shape index (κ1) is 29.9. The molecule has 3 amide bonds. The third-order valence-corrected chi connectivity index (χ3v) is 7.38. The molecule has 2 aromatic carbocycles. The maximum Gasteiger partial charge on any atom is 0.573 e. The molecule has 1 saturated carbocycles. The van der Waals surface area contributed by atoms with Crippen LogP contribution in [0.25, 0.3) is 0 Å². The number of alkyl halides is 6. The highest BCUT2D eigenvalue weighted by Crippen LogP contribution is 2.59. The number of primary amides is 1. The van der Waals surface area contributed by atoms with Crippen LogP contribution in [-0.4, -0.2) is 60.3 Å². The van der Waals surface area contributed by atoms with Crippen LogP contribution >= 0.6 is 0 Å². The standard InChI is InChI=1S/C26H25F7N4O4/c1-23(2,21(34)39)37(22(40)24(10-11-24)25(28,29)30)19-13-36(15-5-7-16(8-6-15)41-26(31,32)33)17-9-4-14(27)12-18(17)35(3)20(19)38/h4-9,12,19H,10-11,13H2,1-3H3,(H2,34,39)/t19-/m1/s1. The molecular weight excluding hydrogens is 565 g/mol. The molecule has 2 N–H and O–H groups in total. The zero-order chi connectivity index (χ0) is 30.7. The number of carbonyl (C=O) groups is 3. The molecular formula is C26H25F7N4O4. The minimum absolute atomic E-state index is 0.0469. The number of ether oxygens (including phenoxy) is 1. The van der Waals surface area contributed by atoms with E-state index in [0.29, 0.717) is 4.90 Å². The molecule has 1 aliphatic carbocycles. The van der Waals surface area contributed by atoms with Crippen LogP contribution in [0, 0.1) is 11.2 Å². The van der Waals surface area contributed by atoms with Crippen molar-refractivity contribution in [2.24, 2.45) is 11.1 Å². The maximum atomic E-state index is 14.3.